The number of likely N-dealkylation sites (tertiary alicyclic amines) is 1. The summed E-state index contributed by atoms with van der Waals surface area (Å²) in [6.45, 7) is 5.44. The van der Waals surface area contributed by atoms with Crippen LogP contribution < -0.4 is 4.74 Å². The molecule has 2 rings (SSSR count). The van der Waals surface area contributed by atoms with E-state index in [0.29, 0.717) is 22.9 Å². The fraction of sp³-hybridized carbons (Fsp3) is 0.533. The second kappa shape index (κ2) is 6.92. The summed E-state index contributed by atoms with van der Waals surface area (Å²) in [6, 6.07) is 5.19. The number of hydrogen-bond acceptors (Lipinski definition) is 3. The first-order valence-corrected chi connectivity index (χ1v) is 7.20. The summed E-state index contributed by atoms with van der Waals surface area (Å²) in [4.78, 5) is 13.6. The molecule has 0 saturated carbocycles. The number of carbonyl (C=O) groups excluding carboxylic acids is 1. The van der Waals surface area contributed by atoms with Crippen LogP contribution in [0.3, 0.4) is 0 Å². The van der Waals surface area contributed by atoms with Gasteiger partial charge in [0.1, 0.15) is 12.4 Å². The molecule has 1 aliphatic rings. The van der Waals surface area contributed by atoms with Gasteiger partial charge in [-0.2, -0.15) is 0 Å². The van der Waals surface area contributed by atoms with Crippen LogP contribution in [0.4, 0.5) is 0 Å². The first-order valence-electron chi connectivity index (χ1n) is 6.82. The number of Topliss-reactive ketones (excluding diaryl/α,β-unsaturated/α-hetero) is 1. The highest BCUT2D eigenvalue weighted by atomic mass is 35.5. The number of halogens is 1. The first-order chi connectivity index (χ1) is 9.16. The quantitative estimate of drug-likeness (QED) is 0.775. The molecule has 0 spiro atoms. The molecule has 1 aromatic carbocycles. The van der Waals surface area contributed by atoms with Gasteiger partial charge in [0, 0.05) is 12.1 Å². The zero-order valence-corrected chi connectivity index (χ0v) is 12.1. The van der Waals surface area contributed by atoms with Crippen molar-refractivity contribution in [2.75, 3.05) is 26.2 Å². The maximum atomic E-state index is 11.2. The molecule has 0 aromatic heterocycles. The second-order valence-electron chi connectivity index (χ2n) is 4.95. The van der Waals surface area contributed by atoms with E-state index in [1.165, 1.54) is 39.3 Å². The lowest BCUT2D eigenvalue weighted by Crippen LogP contribution is -2.33. The van der Waals surface area contributed by atoms with E-state index < -0.39 is 0 Å². The van der Waals surface area contributed by atoms with Crippen molar-refractivity contribution in [3.8, 4) is 5.75 Å². The van der Waals surface area contributed by atoms with Gasteiger partial charge >= 0.3 is 0 Å². The Labute approximate surface area is 119 Å². The third-order valence-corrected chi connectivity index (χ3v) is 3.75. The predicted molar refractivity (Wildman–Crippen MR) is 77.2 cm³/mol. The minimum atomic E-state index is 0.0155. The highest BCUT2D eigenvalue weighted by molar-refractivity contribution is 6.32. The smallest absolute Gasteiger partial charge is 0.159 e. The van der Waals surface area contributed by atoms with Gasteiger partial charge in [-0.05, 0) is 51.1 Å². The van der Waals surface area contributed by atoms with Crippen molar-refractivity contribution in [3.63, 3.8) is 0 Å². The number of benzene rings is 1. The Morgan fingerprint density at radius 2 is 2.05 bits per heavy atom. The Balaban J connectivity index is 1.83. The van der Waals surface area contributed by atoms with Gasteiger partial charge < -0.3 is 4.74 Å². The van der Waals surface area contributed by atoms with Crippen LogP contribution in [-0.2, 0) is 0 Å². The number of rotatable bonds is 5. The van der Waals surface area contributed by atoms with Gasteiger partial charge in [0.2, 0.25) is 0 Å². The molecule has 0 amide bonds. The van der Waals surface area contributed by atoms with Gasteiger partial charge in [0.25, 0.3) is 0 Å². The van der Waals surface area contributed by atoms with E-state index in [2.05, 4.69) is 4.90 Å². The van der Waals surface area contributed by atoms with Crippen LogP contribution in [0.2, 0.25) is 5.02 Å². The van der Waals surface area contributed by atoms with E-state index in [-0.39, 0.29) is 5.78 Å². The number of ether oxygens (including phenoxy) is 1. The van der Waals surface area contributed by atoms with E-state index in [1.54, 1.807) is 18.2 Å². The Bertz CT molecular complexity index is 442. The molecule has 0 bridgehead atoms. The van der Waals surface area contributed by atoms with Crippen LogP contribution in [0.5, 0.6) is 5.75 Å². The highest BCUT2D eigenvalue weighted by Crippen LogP contribution is 2.25. The molecule has 1 aromatic rings. The van der Waals surface area contributed by atoms with Crippen LogP contribution >= 0.6 is 11.6 Å². The molecule has 0 N–H and O–H groups in total. The van der Waals surface area contributed by atoms with E-state index in [0.717, 1.165) is 6.54 Å². The SMILES string of the molecule is CC(=O)c1ccc(OCCN2CCCCC2)c(Cl)c1. The van der Waals surface area contributed by atoms with Crippen molar-refractivity contribution < 1.29 is 9.53 Å². The largest absolute Gasteiger partial charge is 0.491 e. The molecule has 4 heteroatoms. The van der Waals surface area contributed by atoms with Gasteiger partial charge in [-0.25, -0.2) is 0 Å². The lowest BCUT2D eigenvalue weighted by atomic mass is 10.1. The molecule has 104 valence electrons. The summed E-state index contributed by atoms with van der Waals surface area (Å²) >= 11 is 6.10. The summed E-state index contributed by atoms with van der Waals surface area (Å²) in [5.74, 6) is 0.672. The standard InChI is InChI=1S/C15H20ClNO2/c1-12(18)13-5-6-15(14(16)11-13)19-10-9-17-7-3-2-4-8-17/h5-6,11H,2-4,7-10H2,1H3. The van der Waals surface area contributed by atoms with Gasteiger partial charge in [0.15, 0.2) is 5.78 Å². The van der Waals surface area contributed by atoms with Crippen molar-refractivity contribution in [1.29, 1.82) is 0 Å². The molecular weight excluding hydrogens is 262 g/mol. The summed E-state index contributed by atoms with van der Waals surface area (Å²) in [7, 11) is 0. The second-order valence-corrected chi connectivity index (χ2v) is 5.36. The minimum Gasteiger partial charge on any atom is -0.491 e. The predicted octanol–water partition coefficient (Wildman–Crippen LogP) is 3.41. The molecule has 1 fully saturated rings. The maximum Gasteiger partial charge on any atom is 0.159 e. The molecule has 0 atom stereocenters. The summed E-state index contributed by atoms with van der Waals surface area (Å²) in [6.07, 6.45) is 3.91. The van der Waals surface area contributed by atoms with Gasteiger partial charge in [-0.1, -0.05) is 18.0 Å². The Morgan fingerprint density at radius 1 is 1.32 bits per heavy atom. The lowest BCUT2D eigenvalue weighted by molar-refractivity contribution is 0.101. The van der Waals surface area contributed by atoms with Crippen LogP contribution in [0.1, 0.15) is 36.5 Å². The fourth-order valence-corrected chi connectivity index (χ4v) is 2.54. The first kappa shape index (κ1) is 14.4. The molecule has 0 radical (unpaired) electrons. The monoisotopic (exact) mass is 281 g/mol. The average Bonchev–Trinajstić information content (AvgIpc) is 2.41. The van der Waals surface area contributed by atoms with Gasteiger partial charge in [0.05, 0.1) is 5.02 Å². The molecule has 1 saturated heterocycles. The number of nitrogens with zero attached hydrogens (tertiary/aromatic N) is 1. The number of hydrogen-bond donors (Lipinski definition) is 0. The average molecular weight is 282 g/mol. The van der Waals surface area contributed by atoms with Crippen LogP contribution in [0, 0.1) is 0 Å². The normalized spacial score (nSPS) is 16.3. The fourth-order valence-electron chi connectivity index (χ4n) is 2.30. The summed E-state index contributed by atoms with van der Waals surface area (Å²) in [5, 5.41) is 0.506. The molecule has 0 aliphatic carbocycles. The lowest BCUT2D eigenvalue weighted by Gasteiger charge is -2.26. The van der Waals surface area contributed by atoms with E-state index in [9.17, 15) is 4.79 Å². The van der Waals surface area contributed by atoms with Crippen LogP contribution in [-0.4, -0.2) is 36.9 Å². The van der Waals surface area contributed by atoms with Crippen LogP contribution in [0.25, 0.3) is 0 Å². The zero-order valence-electron chi connectivity index (χ0n) is 11.3. The molecule has 0 unspecified atom stereocenters. The number of carbonyl (C=O) groups is 1. The summed E-state index contributed by atoms with van der Waals surface area (Å²) < 4.78 is 5.69. The van der Waals surface area contributed by atoms with Crippen molar-refractivity contribution in [3.05, 3.63) is 28.8 Å². The van der Waals surface area contributed by atoms with Crippen molar-refractivity contribution in [2.24, 2.45) is 0 Å². The van der Waals surface area contributed by atoms with Crippen molar-refractivity contribution >= 4 is 17.4 Å². The van der Waals surface area contributed by atoms with Gasteiger partial charge in [-0.3, -0.25) is 9.69 Å². The highest BCUT2D eigenvalue weighted by Gasteiger charge is 2.10. The zero-order chi connectivity index (χ0) is 13.7. The van der Waals surface area contributed by atoms with Gasteiger partial charge in [-0.15, -0.1) is 0 Å². The molecule has 3 nitrogen and oxygen atoms in total. The Hall–Kier alpha value is -1.06. The third-order valence-electron chi connectivity index (χ3n) is 3.45. The Morgan fingerprint density at radius 3 is 2.68 bits per heavy atom. The topological polar surface area (TPSA) is 29.5 Å². The Kier molecular flexibility index (Phi) is 5.23. The van der Waals surface area contributed by atoms with E-state index in [1.807, 2.05) is 0 Å². The number of ketones is 1. The molecular formula is C15H20ClNO2. The van der Waals surface area contributed by atoms with E-state index in [4.69, 9.17) is 16.3 Å². The van der Waals surface area contributed by atoms with Crippen molar-refractivity contribution in [1.82, 2.24) is 4.90 Å². The number of piperidine rings is 1. The maximum absolute atomic E-state index is 11.2. The molecule has 1 aliphatic heterocycles. The minimum absolute atomic E-state index is 0.0155. The van der Waals surface area contributed by atoms with Crippen LogP contribution in [0.15, 0.2) is 18.2 Å². The van der Waals surface area contributed by atoms with Crippen molar-refractivity contribution in [2.45, 2.75) is 26.2 Å². The van der Waals surface area contributed by atoms with E-state index >= 15 is 0 Å². The molecule has 19 heavy (non-hydrogen) atoms. The summed E-state index contributed by atoms with van der Waals surface area (Å²) in [5.41, 5.74) is 0.619. The third kappa shape index (κ3) is 4.22. The molecule has 1 heterocycles.